The summed E-state index contributed by atoms with van der Waals surface area (Å²) >= 11 is 0. The Bertz CT molecular complexity index is 6280. The Morgan fingerprint density at radius 2 is 0.754 bits per heavy atom. The molecule has 0 bridgehead atoms. The van der Waals surface area contributed by atoms with E-state index in [9.17, 15) is 47.9 Å². The third-order valence-electron chi connectivity index (χ3n) is 23.8. The van der Waals surface area contributed by atoms with Crippen molar-refractivity contribution in [2.24, 2.45) is 0 Å². The zero-order chi connectivity index (χ0) is 99.7. The van der Waals surface area contributed by atoms with Gasteiger partial charge in [0, 0.05) is 130 Å². The molecule has 5 heterocycles. The van der Waals surface area contributed by atoms with E-state index >= 15 is 0 Å². The van der Waals surface area contributed by atoms with Crippen LogP contribution in [0, 0.1) is 0 Å². The molecule has 0 spiro atoms. The van der Waals surface area contributed by atoms with Crippen LogP contribution in [-0.4, -0.2) is 111 Å². The third kappa shape index (κ3) is 27.2. The molecular weight excluding hydrogens is 1740 g/mol. The summed E-state index contributed by atoms with van der Waals surface area (Å²) in [6.45, 7) is 37.9. The number of nitrogens with zero attached hydrogens (tertiary/aromatic N) is 6. The van der Waals surface area contributed by atoms with Crippen molar-refractivity contribution in [3.63, 3.8) is 0 Å². The highest BCUT2D eigenvalue weighted by Crippen LogP contribution is 2.46. The SMILES string of the molecule is C=C(C)Cc1ccc(N[C@@H]2C[C@H](C)N(C(C)=O)c3ccc(-c4cccc(NC(C)=O)c4)cc32)cc1.CC(=O)N1c2ccc(-c3cccc(-n4cccn4)c3)cc2[C@H](NC(=O)OC(C)C)C[C@@H]1C.CC(=O)N1c2ccc(-c3cccc(NC(=O)OC(C)(C)C)c3)cc2[C@H](NC(=O)OC(C)(C)C)C[C@@H]1C.CC(=O)Nc1cccc(-c2ccc3c(c2)[C@H](NC(=O)CCc2ccccc2)C[C@H](C)N3C(C)=O)c1. The molecule has 0 saturated heterocycles. The molecule has 15 rings (SSSR count). The number of nitrogens with one attached hydrogen (secondary N) is 7. The van der Waals surface area contributed by atoms with Gasteiger partial charge in [0.15, 0.2) is 0 Å². The zero-order valence-electron chi connectivity index (χ0n) is 82.4. The van der Waals surface area contributed by atoms with Gasteiger partial charge in [0.1, 0.15) is 11.2 Å². The Balaban J connectivity index is 0.000000165. The first kappa shape index (κ1) is 102. The highest BCUT2D eigenvalue weighted by Gasteiger charge is 2.39. The molecule has 26 nitrogen and oxygen atoms in total. The van der Waals surface area contributed by atoms with E-state index < -0.39 is 29.5 Å². The lowest BCUT2D eigenvalue weighted by Crippen LogP contribution is -2.46. The summed E-state index contributed by atoms with van der Waals surface area (Å²) in [7, 11) is 0. The van der Waals surface area contributed by atoms with Crippen LogP contribution in [0.2, 0.25) is 0 Å². The van der Waals surface area contributed by atoms with Crippen molar-refractivity contribution in [3.05, 3.63) is 288 Å². The number of hydrogen-bond donors (Lipinski definition) is 7. The van der Waals surface area contributed by atoms with Gasteiger partial charge in [-0.05, 0) is 322 Å². The van der Waals surface area contributed by atoms with E-state index in [0.29, 0.717) is 37.8 Å². The fourth-order valence-electron chi connectivity index (χ4n) is 18.3. The van der Waals surface area contributed by atoms with Gasteiger partial charge >= 0.3 is 18.3 Å². The van der Waals surface area contributed by atoms with Crippen LogP contribution in [-0.2, 0) is 60.6 Å². The largest absolute Gasteiger partial charge is 0.447 e. The summed E-state index contributed by atoms with van der Waals surface area (Å²) in [6, 6.07) is 74.6. The lowest BCUT2D eigenvalue weighted by molar-refractivity contribution is -0.122. The van der Waals surface area contributed by atoms with Crippen LogP contribution in [0.5, 0.6) is 0 Å². The number of amides is 10. The monoisotopic (exact) mass is 1860 g/mol. The minimum absolute atomic E-state index is 0.00802. The van der Waals surface area contributed by atoms with Gasteiger partial charge in [-0.3, -0.25) is 38.9 Å². The Hall–Kier alpha value is -15.0. The van der Waals surface area contributed by atoms with E-state index in [0.717, 1.165) is 136 Å². The fourth-order valence-corrected chi connectivity index (χ4v) is 18.3. The van der Waals surface area contributed by atoms with E-state index in [1.807, 2.05) is 281 Å². The number of allylic oxidation sites excluding steroid dienone is 1. The lowest BCUT2D eigenvalue weighted by Gasteiger charge is -2.39. The van der Waals surface area contributed by atoms with E-state index in [2.05, 4.69) is 98.3 Å². The molecule has 4 aliphatic rings. The number of rotatable bonds is 19. The van der Waals surface area contributed by atoms with Crippen LogP contribution in [0.4, 0.5) is 59.9 Å². The van der Waals surface area contributed by atoms with Crippen LogP contribution < -0.4 is 56.8 Å². The van der Waals surface area contributed by atoms with Crippen LogP contribution >= 0.6 is 0 Å². The molecule has 10 aromatic carbocycles. The van der Waals surface area contributed by atoms with E-state index in [-0.39, 0.29) is 95.8 Å². The Kier molecular flexibility index (Phi) is 33.4. The molecule has 0 unspecified atom stereocenters. The molecule has 138 heavy (non-hydrogen) atoms. The second-order valence-corrected chi connectivity index (χ2v) is 38.2. The number of anilines is 8. The highest BCUT2D eigenvalue weighted by molar-refractivity contribution is 5.99. The molecule has 4 aliphatic heterocycles. The molecule has 720 valence electrons. The zero-order valence-corrected chi connectivity index (χ0v) is 82.4. The highest BCUT2D eigenvalue weighted by atomic mass is 16.6. The quantitative estimate of drug-likeness (QED) is 0.0292. The van der Waals surface area contributed by atoms with Crippen LogP contribution in [0.15, 0.2) is 255 Å². The Labute approximate surface area is 810 Å². The first-order valence-corrected chi connectivity index (χ1v) is 47.0. The van der Waals surface area contributed by atoms with Crippen molar-refractivity contribution in [3.8, 4) is 50.2 Å². The van der Waals surface area contributed by atoms with Crippen molar-refractivity contribution >= 4 is 105 Å². The molecule has 0 saturated carbocycles. The minimum Gasteiger partial charge on any atom is -0.447 e. The number of ether oxygens (including phenoxy) is 3. The van der Waals surface area contributed by atoms with E-state index in [1.54, 1.807) is 54.7 Å². The minimum atomic E-state index is -0.623. The predicted octanol–water partition coefficient (Wildman–Crippen LogP) is 23.2. The van der Waals surface area contributed by atoms with Gasteiger partial charge in [0.25, 0.3) is 0 Å². The number of aromatic nitrogens is 2. The summed E-state index contributed by atoms with van der Waals surface area (Å²) in [6.07, 6.45) is 6.50. The molecule has 26 heteroatoms. The first-order chi connectivity index (χ1) is 65.5. The van der Waals surface area contributed by atoms with Gasteiger partial charge in [0.2, 0.25) is 41.4 Å². The second kappa shape index (κ2) is 45.1. The summed E-state index contributed by atoms with van der Waals surface area (Å²) < 4.78 is 18.0. The topological polar surface area (TPSA) is 313 Å². The number of hydrogen-bond acceptors (Lipinski definition) is 15. The van der Waals surface area contributed by atoms with Gasteiger partial charge in [-0.15, -0.1) is 0 Å². The molecule has 1 aromatic heterocycles. The molecule has 7 N–H and O–H groups in total. The maximum absolute atomic E-state index is 12.9. The predicted molar refractivity (Wildman–Crippen MR) is 549 cm³/mol. The molecule has 0 aliphatic carbocycles. The van der Waals surface area contributed by atoms with Crippen LogP contribution in [0.3, 0.4) is 0 Å². The smallest absolute Gasteiger partial charge is 0.412 e. The number of alkyl carbamates (subject to hydrolysis) is 2. The van der Waals surface area contributed by atoms with Crippen molar-refractivity contribution in [1.82, 2.24) is 25.7 Å². The molecule has 10 amide bonds. The van der Waals surface area contributed by atoms with Crippen molar-refractivity contribution in [2.45, 2.75) is 242 Å². The third-order valence-corrected chi connectivity index (χ3v) is 23.8. The Morgan fingerprint density at radius 1 is 0.384 bits per heavy atom. The molecule has 0 fully saturated rings. The maximum atomic E-state index is 12.9. The molecular formula is C112H129N13O13. The van der Waals surface area contributed by atoms with Crippen LogP contribution in [0.25, 0.3) is 50.2 Å². The molecule has 0 radical (unpaired) electrons. The Morgan fingerprint density at radius 3 is 1.14 bits per heavy atom. The van der Waals surface area contributed by atoms with E-state index in [1.165, 1.54) is 19.4 Å². The first-order valence-electron chi connectivity index (χ1n) is 47.0. The number of aryl methyl sites for hydroxylation is 1. The molecule has 11 aromatic rings. The van der Waals surface area contributed by atoms with Crippen molar-refractivity contribution < 1.29 is 62.2 Å². The number of benzene rings is 10. The van der Waals surface area contributed by atoms with Gasteiger partial charge in [-0.2, -0.15) is 5.10 Å². The normalized spacial score (nSPS) is 17.2. The summed E-state index contributed by atoms with van der Waals surface area (Å²) in [5.41, 5.74) is 21.2. The van der Waals surface area contributed by atoms with Gasteiger partial charge in [-0.25, -0.2) is 19.1 Å². The van der Waals surface area contributed by atoms with Crippen molar-refractivity contribution in [2.75, 3.05) is 40.9 Å². The number of fused-ring (bicyclic) bond motifs is 4. The van der Waals surface area contributed by atoms with Gasteiger partial charge in [-0.1, -0.05) is 127 Å². The van der Waals surface area contributed by atoms with Crippen LogP contribution in [0.1, 0.15) is 221 Å². The maximum Gasteiger partial charge on any atom is 0.412 e. The average molecular weight is 1870 g/mol. The van der Waals surface area contributed by atoms with Crippen molar-refractivity contribution in [1.29, 1.82) is 0 Å². The standard InChI is InChI=1S/C30H33N3O2.C29H31N3O3.C28H37N3O5.C25H28N4O3/c1-19(2)15-23-9-12-26(13-10-23)32-29-16-20(3)33(22(5)35)30-14-11-25(18-28(29)30)24-7-6-8-27(17-24)31-21(4)34;1-19-16-27(31-29(35)15-12-22-8-5-4-6-9-22)26-18-24(13-14-28(26)32(19)21(3)34)23-10-7-11-25(17-23)30-20(2)33;1-17-14-23(30-26(34)36-28(6,7)8)22-16-20(12-13-24(22)31(17)18(2)32)19-10-9-11-21(15-19)29-25(33)35-27(3,4)5;1-16(2)32-25(31)27-23-13-17(3)29(18(4)30)24-10-9-20(15-22(23)24)19-7-5-8-21(14-19)28-12-6-11-26-28/h6-14,17-18,20,29,32H,1,15-16H2,2-5H3,(H,31,34);4-11,13-14,17-19,27H,12,15-16H2,1-3H3,(H,30,33)(H,31,35);9-13,15-17,23H,14H2,1-8H3,(H,29,33)(H,30,34);5-12,14-17,23H,13H2,1-4H3,(H,27,31)/t20-,29+;19-,27+;2*17-,23+/m0000/s1. The number of carbonyl (C=O) groups excluding carboxylic acids is 10. The summed E-state index contributed by atoms with van der Waals surface area (Å²) in [5, 5.41) is 25.7. The fraction of sp³-hybridized carbons (Fsp3) is 0.330. The summed E-state index contributed by atoms with van der Waals surface area (Å²) in [4.78, 5) is 130. The van der Waals surface area contributed by atoms with Gasteiger partial charge < -0.3 is 65.7 Å². The lowest BCUT2D eigenvalue weighted by atomic mass is 9.88. The van der Waals surface area contributed by atoms with E-state index in [4.69, 9.17) is 14.2 Å². The number of carbonyl (C=O) groups is 10. The average Bonchev–Trinajstić information content (AvgIpc) is 0.862. The molecule has 8 atom stereocenters. The van der Waals surface area contributed by atoms with Gasteiger partial charge in [0.05, 0.1) is 36.0 Å². The summed E-state index contributed by atoms with van der Waals surface area (Å²) in [5.74, 6) is -0.290. The second-order valence-electron chi connectivity index (χ2n) is 38.2.